The average molecular weight is 218 g/mol. The van der Waals surface area contributed by atoms with Crippen LogP contribution in [0.1, 0.15) is 29.9 Å². The highest BCUT2D eigenvalue weighted by Gasteiger charge is 2.39. The normalized spacial score (nSPS) is 26.8. The van der Waals surface area contributed by atoms with Crippen molar-refractivity contribution < 1.29 is 14.6 Å². The molecule has 1 aromatic rings. The summed E-state index contributed by atoms with van der Waals surface area (Å²) in [4.78, 5) is 11.0. The standard InChI is InChI=1S/C13H14O3/c14-13(15)11-5-4-9(11)10-3-1-2-8-6-7-16-12(8)10/h1-3,9,11H,4-7H2,(H,14,15). The molecular weight excluding hydrogens is 204 g/mol. The smallest absolute Gasteiger partial charge is 0.307 e. The third-order valence-corrected chi connectivity index (χ3v) is 3.74. The summed E-state index contributed by atoms with van der Waals surface area (Å²) in [6.45, 7) is 0.733. The van der Waals surface area contributed by atoms with Gasteiger partial charge in [0.05, 0.1) is 12.5 Å². The van der Waals surface area contributed by atoms with E-state index in [4.69, 9.17) is 9.84 Å². The third-order valence-electron chi connectivity index (χ3n) is 3.74. The topological polar surface area (TPSA) is 46.5 Å². The average Bonchev–Trinajstić information content (AvgIpc) is 2.63. The van der Waals surface area contributed by atoms with E-state index >= 15 is 0 Å². The van der Waals surface area contributed by atoms with Crippen LogP contribution in [-0.4, -0.2) is 17.7 Å². The predicted octanol–water partition coefficient (Wildman–Crippen LogP) is 2.20. The zero-order valence-corrected chi connectivity index (χ0v) is 8.98. The van der Waals surface area contributed by atoms with Gasteiger partial charge in [0.25, 0.3) is 0 Å². The number of aliphatic carboxylic acids is 1. The number of carboxylic acid groups (broad SMARTS) is 1. The molecule has 0 bridgehead atoms. The lowest BCUT2D eigenvalue weighted by molar-refractivity contribution is -0.145. The van der Waals surface area contributed by atoms with Gasteiger partial charge in [-0.2, -0.15) is 0 Å². The molecule has 0 spiro atoms. The van der Waals surface area contributed by atoms with E-state index in [-0.39, 0.29) is 11.8 Å². The van der Waals surface area contributed by atoms with Crippen molar-refractivity contribution in [1.29, 1.82) is 0 Å². The van der Waals surface area contributed by atoms with Crippen LogP contribution in [0, 0.1) is 5.92 Å². The van der Waals surface area contributed by atoms with Crippen molar-refractivity contribution in [3.63, 3.8) is 0 Å². The lowest BCUT2D eigenvalue weighted by Gasteiger charge is -2.34. The van der Waals surface area contributed by atoms with Crippen molar-refractivity contribution in [3.05, 3.63) is 29.3 Å². The monoisotopic (exact) mass is 218 g/mol. The number of fused-ring (bicyclic) bond motifs is 1. The second-order valence-corrected chi connectivity index (χ2v) is 4.56. The quantitative estimate of drug-likeness (QED) is 0.827. The number of para-hydroxylation sites is 1. The van der Waals surface area contributed by atoms with Gasteiger partial charge in [-0.05, 0) is 24.0 Å². The maximum Gasteiger partial charge on any atom is 0.307 e. The van der Waals surface area contributed by atoms with E-state index in [1.165, 1.54) is 5.56 Å². The van der Waals surface area contributed by atoms with Crippen LogP contribution in [-0.2, 0) is 11.2 Å². The van der Waals surface area contributed by atoms with Crippen LogP contribution in [0.15, 0.2) is 18.2 Å². The van der Waals surface area contributed by atoms with Crippen LogP contribution in [0.5, 0.6) is 5.75 Å². The highest BCUT2D eigenvalue weighted by atomic mass is 16.5. The first kappa shape index (κ1) is 9.70. The van der Waals surface area contributed by atoms with Gasteiger partial charge in [0.2, 0.25) is 0 Å². The summed E-state index contributed by atoms with van der Waals surface area (Å²) >= 11 is 0. The minimum Gasteiger partial charge on any atom is -0.493 e. The molecule has 1 aliphatic heterocycles. The molecule has 2 unspecified atom stereocenters. The number of hydrogen-bond acceptors (Lipinski definition) is 2. The molecule has 84 valence electrons. The zero-order valence-electron chi connectivity index (χ0n) is 8.98. The molecule has 3 rings (SSSR count). The van der Waals surface area contributed by atoms with Crippen molar-refractivity contribution in [2.24, 2.45) is 5.92 Å². The molecule has 1 fully saturated rings. The molecule has 16 heavy (non-hydrogen) atoms. The summed E-state index contributed by atoms with van der Waals surface area (Å²) in [5.41, 5.74) is 2.34. The molecule has 0 radical (unpaired) electrons. The van der Waals surface area contributed by atoms with Crippen molar-refractivity contribution in [3.8, 4) is 5.75 Å². The zero-order chi connectivity index (χ0) is 11.1. The number of benzene rings is 1. The number of hydrogen-bond donors (Lipinski definition) is 1. The first-order valence-corrected chi connectivity index (χ1v) is 5.75. The van der Waals surface area contributed by atoms with Crippen LogP contribution in [0.25, 0.3) is 0 Å². The first-order chi connectivity index (χ1) is 7.77. The van der Waals surface area contributed by atoms with Gasteiger partial charge in [0.15, 0.2) is 0 Å². The largest absolute Gasteiger partial charge is 0.493 e. The third kappa shape index (κ3) is 1.31. The Bertz CT molecular complexity index is 439. The summed E-state index contributed by atoms with van der Waals surface area (Å²) < 4.78 is 5.62. The van der Waals surface area contributed by atoms with Gasteiger partial charge in [-0.25, -0.2) is 0 Å². The molecule has 2 aliphatic rings. The number of ether oxygens (including phenoxy) is 1. The Morgan fingerprint density at radius 3 is 2.94 bits per heavy atom. The summed E-state index contributed by atoms with van der Waals surface area (Å²) in [6, 6.07) is 6.10. The number of rotatable bonds is 2. The lowest BCUT2D eigenvalue weighted by Crippen LogP contribution is -2.31. The fourth-order valence-electron chi connectivity index (χ4n) is 2.70. The minimum atomic E-state index is -0.674. The Hall–Kier alpha value is -1.51. The van der Waals surface area contributed by atoms with Crippen LogP contribution in [0.3, 0.4) is 0 Å². The summed E-state index contributed by atoms with van der Waals surface area (Å²) in [6.07, 6.45) is 2.72. The molecule has 0 amide bonds. The van der Waals surface area contributed by atoms with Crippen molar-refractivity contribution in [2.75, 3.05) is 6.61 Å². The van der Waals surface area contributed by atoms with Gasteiger partial charge < -0.3 is 9.84 Å². The minimum absolute atomic E-state index is 0.158. The van der Waals surface area contributed by atoms with E-state index < -0.39 is 5.97 Å². The van der Waals surface area contributed by atoms with E-state index in [0.29, 0.717) is 0 Å². The number of carboxylic acids is 1. The van der Waals surface area contributed by atoms with Crippen molar-refractivity contribution in [2.45, 2.75) is 25.2 Å². The molecule has 1 aliphatic carbocycles. The first-order valence-electron chi connectivity index (χ1n) is 5.75. The fourth-order valence-corrected chi connectivity index (χ4v) is 2.70. The van der Waals surface area contributed by atoms with E-state index in [2.05, 4.69) is 6.07 Å². The van der Waals surface area contributed by atoms with Gasteiger partial charge >= 0.3 is 5.97 Å². The summed E-state index contributed by atoms with van der Waals surface area (Å²) in [7, 11) is 0. The lowest BCUT2D eigenvalue weighted by atomic mass is 9.69. The Morgan fingerprint density at radius 2 is 2.25 bits per heavy atom. The van der Waals surface area contributed by atoms with Gasteiger partial charge in [-0.1, -0.05) is 18.2 Å². The van der Waals surface area contributed by atoms with Crippen LogP contribution in [0.2, 0.25) is 0 Å². The van der Waals surface area contributed by atoms with Crippen molar-refractivity contribution >= 4 is 5.97 Å². The molecule has 3 heteroatoms. The molecule has 2 atom stereocenters. The van der Waals surface area contributed by atoms with Gasteiger partial charge in [-0.3, -0.25) is 4.79 Å². The second-order valence-electron chi connectivity index (χ2n) is 4.56. The van der Waals surface area contributed by atoms with Crippen LogP contribution < -0.4 is 4.74 Å². The fraction of sp³-hybridized carbons (Fsp3) is 0.462. The summed E-state index contributed by atoms with van der Waals surface area (Å²) in [5.74, 6) is 0.228. The Kier molecular flexibility index (Phi) is 2.13. The highest BCUT2D eigenvalue weighted by molar-refractivity contribution is 5.73. The molecule has 0 saturated heterocycles. The molecule has 3 nitrogen and oxygen atoms in total. The Labute approximate surface area is 94.0 Å². The Morgan fingerprint density at radius 1 is 1.38 bits per heavy atom. The number of carbonyl (C=O) groups is 1. The predicted molar refractivity (Wildman–Crippen MR) is 58.7 cm³/mol. The Balaban J connectivity index is 1.96. The molecule has 1 heterocycles. The van der Waals surface area contributed by atoms with E-state index in [1.54, 1.807) is 0 Å². The molecule has 1 N–H and O–H groups in total. The maximum absolute atomic E-state index is 11.0. The second kappa shape index (κ2) is 3.51. The molecule has 0 aromatic heterocycles. The van der Waals surface area contributed by atoms with Gasteiger partial charge in [0.1, 0.15) is 5.75 Å². The summed E-state index contributed by atoms with van der Waals surface area (Å²) in [5, 5.41) is 9.07. The van der Waals surface area contributed by atoms with Gasteiger partial charge in [-0.15, -0.1) is 0 Å². The van der Waals surface area contributed by atoms with E-state index in [0.717, 1.165) is 37.2 Å². The molecular formula is C13H14O3. The van der Waals surface area contributed by atoms with Crippen LogP contribution in [0.4, 0.5) is 0 Å². The molecule has 1 saturated carbocycles. The van der Waals surface area contributed by atoms with E-state index in [9.17, 15) is 4.79 Å². The van der Waals surface area contributed by atoms with E-state index in [1.807, 2.05) is 12.1 Å². The SMILES string of the molecule is O=C(O)C1CCC1c1cccc2c1OCC2. The maximum atomic E-state index is 11.0. The highest BCUT2D eigenvalue weighted by Crippen LogP contribution is 2.47. The van der Waals surface area contributed by atoms with Crippen LogP contribution >= 0.6 is 0 Å². The molecule has 1 aromatic carbocycles. The van der Waals surface area contributed by atoms with Crippen molar-refractivity contribution in [1.82, 2.24) is 0 Å². The van der Waals surface area contributed by atoms with Gasteiger partial charge in [0, 0.05) is 12.3 Å².